The van der Waals surface area contributed by atoms with Crippen molar-refractivity contribution in [2.45, 2.75) is 38.0 Å². The molecular formula is C15H21BrN2O2. The summed E-state index contributed by atoms with van der Waals surface area (Å²) in [6.45, 7) is 0.866. The van der Waals surface area contributed by atoms with Gasteiger partial charge in [0, 0.05) is 17.1 Å². The Kier molecular flexibility index (Phi) is 5.57. The van der Waals surface area contributed by atoms with Crippen molar-refractivity contribution < 1.29 is 9.90 Å². The van der Waals surface area contributed by atoms with Gasteiger partial charge in [0.15, 0.2) is 0 Å². The molecule has 2 rings (SSSR count). The maximum Gasteiger partial charge on any atom is 0.234 e. The lowest BCUT2D eigenvalue weighted by Gasteiger charge is -2.26. The van der Waals surface area contributed by atoms with Gasteiger partial charge in [0.05, 0.1) is 12.6 Å². The monoisotopic (exact) mass is 340 g/mol. The maximum atomic E-state index is 11.9. The molecule has 0 unspecified atom stereocenters. The molecule has 2 N–H and O–H groups in total. The molecule has 1 aliphatic carbocycles. The first-order valence-electron chi connectivity index (χ1n) is 6.95. The molecule has 0 radical (unpaired) electrons. The fourth-order valence-corrected chi connectivity index (χ4v) is 2.90. The summed E-state index contributed by atoms with van der Waals surface area (Å²) >= 11 is 3.38. The number of rotatable bonds is 5. The number of amides is 1. The highest BCUT2D eigenvalue weighted by molar-refractivity contribution is 9.10. The summed E-state index contributed by atoms with van der Waals surface area (Å²) < 4.78 is 1.03. The second-order valence-electron chi connectivity index (χ2n) is 5.38. The molecule has 110 valence electrons. The normalized spacial score (nSPS) is 22.2. The first-order chi connectivity index (χ1) is 9.56. The van der Waals surface area contributed by atoms with Crippen LogP contribution in [-0.2, 0) is 11.3 Å². The predicted molar refractivity (Wildman–Crippen MR) is 82.3 cm³/mol. The second-order valence-corrected chi connectivity index (χ2v) is 6.30. The van der Waals surface area contributed by atoms with E-state index in [1.54, 1.807) is 0 Å². The van der Waals surface area contributed by atoms with E-state index in [0.29, 0.717) is 13.1 Å². The van der Waals surface area contributed by atoms with Gasteiger partial charge in [0.25, 0.3) is 0 Å². The molecule has 1 aromatic carbocycles. The zero-order chi connectivity index (χ0) is 14.5. The molecule has 1 aromatic rings. The molecule has 20 heavy (non-hydrogen) atoms. The van der Waals surface area contributed by atoms with E-state index in [9.17, 15) is 9.90 Å². The van der Waals surface area contributed by atoms with Crippen LogP contribution < -0.4 is 5.32 Å². The van der Waals surface area contributed by atoms with Gasteiger partial charge < -0.3 is 10.4 Å². The van der Waals surface area contributed by atoms with E-state index in [4.69, 9.17) is 0 Å². The number of aliphatic hydroxyl groups excluding tert-OH is 1. The van der Waals surface area contributed by atoms with Crippen molar-refractivity contribution in [1.29, 1.82) is 0 Å². The van der Waals surface area contributed by atoms with E-state index in [-0.39, 0.29) is 18.1 Å². The standard InChI is InChI=1S/C15H21BrN2O2/c1-18(13-3-2-4-14(13)19)10-15(20)17-9-11-5-7-12(16)8-6-11/h5-8,13-14,19H,2-4,9-10H2,1H3,(H,17,20)/t13-,14+/m1/s1. The Hall–Kier alpha value is -0.910. The van der Waals surface area contributed by atoms with Gasteiger partial charge in [0.1, 0.15) is 0 Å². The van der Waals surface area contributed by atoms with E-state index in [1.165, 1.54) is 0 Å². The summed E-state index contributed by atoms with van der Waals surface area (Å²) in [7, 11) is 1.90. The van der Waals surface area contributed by atoms with E-state index >= 15 is 0 Å². The van der Waals surface area contributed by atoms with Gasteiger partial charge in [-0.05, 0) is 44.0 Å². The lowest BCUT2D eigenvalue weighted by molar-refractivity contribution is -0.122. The number of carbonyl (C=O) groups excluding carboxylic acids is 1. The van der Waals surface area contributed by atoms with Gasteiger partial charge in [-0.1, -0.05) is 28.1 Å². The average molecular weight is 341 g/mol. The Balaban J connectivity index is 1.76. The zero-order valence-electron chi connectivity index (χ0n) is 11.7. The third-order valence-corrected chi connectivity index (χ3v) is 4.33. The van der Waals surface area contributed by atoms with Crippen molar-refractivity contribution in [2.24, 2.45) is 0 Å². The van der Waals surface area contributed by atoms with Crippen molar-refractivity contribution in [3.05, 3.63) is 34.3 Å². The number of carbonyl (C=O) groups is 1. The van der Waals surface area contributed by atoms with Gasteiger partial charge in [-0.15, -0.1) is 0 Å². The van der Waals surface area contributed by atoms with Gasteiger partial charge in [0.2, 0.25) is 5.91 Å². The van der Waals surface area contributed by atoms with Gasteiger partial charge in [-0.25, -0.2) is 0 Å². The third-order valence-electron chi connectivity index (χ3n) is 3.81. The van der Waals surface area contributed by atoms with Gasteiger partial charge in [-0.3, -0.25) is 9.69 Å². The molecule has 0 aromatic heterocycles. The molecule has 1 fully saturated rings. The summed E-state index contributed by atoms with van der Waals surface area (Å²) in [4.78, 5) is 13.9. The fourth-order valence-electron chi connectivity index (χ4n) is 2.64. The number of halogens is 1. The van der Waals surface area contributed by atoms with Crippen LogP contribution in [0.2, 0.25) is 0 Å². The van der Waals surface area contributed by atoms with Crippen molar-refractivity contribution in [3.63, 3.8) is 0 Å². The zero-order valence-corrected chi connectivity index (χ0v) is 13.3. The van der Waals surface area contributed by atoms with Crippen LogP contribution >= 0.6 is 15.9 Å². The molecule has 1 aliphatic rings. The highest BCUT2D eigenvalue weighted by atomic mass is 79.9. The number of aliphatic hydroxyl groups is 1. The first kappa shape index (κ1) is 15.5. The summed E-state index contributed by atoms with van der Waals surface area (Å²) in [6.07, 6.45) is 2.56. The molecule has 1 amide bonds. The Morgan fingerprint density at radius 2 is 2.10 bits per heavy atom. The largest absolute Gasteiger partial charge is 0.391 e. The molecular weight excluding hydrogens is 320 g/mol. The quantitative estimate of drug-likeness (QED) is 0.860. The van der Waals surface area contributed by atoms with Crippen molar-refractivity contribution in [2.75, 3.05) is 13.6 Å². The number of benzene rings is 1. The smallest absolute Gasteiger partial charge is 0.234 e. The van der Waals surface area contributed by atoms with Crippen LogP contribution in [0.5, 0.6) is 0 Å². The van der Waals surface area contributed by atoms with E-state index < -0.39 is 0 Å². The number of likely N-dealkylation sites (N-methyl/N-ethyl adjacent to an activating group) is 1. The summed E-state index contributed by atoms with van der Waals surface area (Å²) in [5, 5.41) is 12.7. The van der Waals surface area contributed by atoms with E-state index in [0.717, 1.165) is 29.3 Å². The van der Waals surface area contributed by atoms with Crippen LogP contribution in [0.4, 0.5) is 0 Å². The molecule has 5 heteroatoms. The van der Waals surface area contributed by atoms with Crippen molar-refractivity contribution >= 4 is 21.8 Å². The van der Waals surface area contributed by atoms with Gasteiger partial charge >= 0.3 is 0 Å². The number of nitrogens with zero attached hydrogens (tertiary/aromatic N) is 1. The third kappa shape index (κ3) is 4.30. The van der Waals surface area contributed by atoms with Crippen LogP contribution in [0.15, 0.2) is 28.7 Å². The van der Waals surface area contributed by atoms with Crippen molar-refractivity contribution in [1.82, 2.24) is 10.2 Å². The minimum atomic E-state index is -0.292. The van der Waals surface area contributed by atoms with E-state index in [2.05, 4.69) is 21.2 Å². The second kappa shape index (κ2) is 7.20. The Morgan fingerprint density at radius 3 is 2.70 bits per heavy atom. The van der Waals surface area contributed by atoms with Crippen LogP contribution in [-0.4, -0.2) is 41.7 Å². The number of hydrogen-bond acceptors (Lipinski definition) is 3. The minimum absolute atomic E-state index is 0.00508. The summed E-state index contributed by atoms with van der Waals surface area (Å²) in [5.74, 6) is -0.00508. The minimum Gasteiger partial charge on any atom is -0.391 e. The molecule has 2 atom stereocenters. The highest BCUT2D eigenvalue weighted by Crippen LogP contribution is 2.22. The van der Waals surface area contributed by atoms with Crippen LogP contribution in [0, 0.1) is 0 Å². The molecule has 4 nitrogen and oxygen atoms in total. The average Bonchev–Trinajstić information content (AvgIpc) is 2.84. The Morgan fingerprint density at radius 1 is 1.40 bits per heavy atom. The summed E-state index contributed by atoms with van der Waals surface area (Å²) in [5.41, 5.74) is 1.07. The van der Waals surface area contributed by atoms with Gasteiger partial charge in [-0.2, -0.15) is 0 Å². The predicted octanol–water partition coefficient (Wildman–Crippen LogP) is 1.91. The molecule has 1 saturated carbocycles. The lowest BCUT2D eigenvalue weighted by Crippen LogP contribution is -2.43. The molecule has 0 heterocycles. The summed E-state index contributed by atoms with van der Waals surface area (Å²) in [6, 6.07) is 8.00. The van der Waals surface area contributed by atoms with E-state index in [1.807, 2.05) is 36.2 Å². The fraction of sp³-hybridized carbons (Fsp3) is 0.533. The number of nitrogens with one attached hydrogen (secondary N) is 1. The number of hydrogen-bond donors (Lipinski definition) is 2. The lowest BCUT2D eigenvalue weighted by atomic mass is 10.2. The Bertz CT molecular complexity index is 450. The highest BCUT2D eigenvalue weighted by Gasteiger charge is 2.29. The SMILES string of the molecule is CN(CC(=O)NCc1ccc(Br)cc1)[C@@H]1CCC[C@@H]1O. The Labute approximate surface area is 128 Å². The first-order valence-corrected chi connectivity index (χ1v) is 7.75. The van der Waals surface area contributed by atoms with Crippen LogP contribution in [0.25, 0.3) is 0 Å². The molecule has 0 aliphatic heterocycles. The molecule has 0 bridgehead atoms. The van der Waals surface area contributed by atoms with Crippen LogP contribution in [0.1, 0.15) is 24.8 Å². The maximum absolute atomic E-state index is 11.9. The van der Waals surface area contributed by atoms with Crippen molar-refractivity contribution in [3.8, 4) is 0 Å². The molecule has 0 spiro atoms. The van der Waals surface area contributed by atoms with Crippen LogP contribution in [0.3, 0.4) is 0 Å². The topological polar surface area (TPSA) is 52.6 Å². The molecule has 0 saturated heterocycles.